The van der Waals surface area contributed by atoms with Crippen molar-refractivity contribution in [3.63, 3.8) is 0 Å². The number of amides is 3. The summed E-state index contributed by atoms with van der Waals surface area (Å²) in [6.45, 7) is 13.6. The molecule has 1 heterocycles. The molecule has 0 aromatic heterocycles. The lowest BCUT2D eigenvalue weighted by Crippen LogP contribution is -2.55. The van der Waals surface area contributed by atoms with Crippen LogP contribution >= 0.6 is 0 Å². The van der Waals surface area contributed by atoms with Gasteiger partial charge in [0.1, 0.15) is 12.1 Å². The molecule has 214 valence electrons. The molecule has 8 nitrogen and oxygen atoms in total. The van der Waals surface area contributed by atoms with Crippen molar-refractivity contribution in [1.29, 1.82) is 0 Å². The van der Waals surface area contributed by atoms with Crippen LogP contribution in [0.2, 0.25) is 0 Å². The number of nitrogens with zero attached hydrogens (tertiary/aromatic N) is 1. The van der Waals surface area contributed by atoms with Crippen LogP contribution in [-0.2, 0) is 20.8 Å². The van der Waals surface area contributed by atoms with E-state index < -0.39 is 23.6 Å². The van der Waals surface area contributed by atoms with E-state index in [0.29, 0.717) is 25.9 Å². The van der Waals surface area contributed by atoms with Crippen molar-refractivity contribution in [3.05, 3.63) is 48.0 Å². The first-order valence-electron chi connectivity index (χ1n) is 14.0. The first-order chi connectivity index (χ1) is 18.2. The van der Waals surface area contributed by atoms with Crippen molar-refractivity contribution in [2.45, 2.75) is 79.0 Å². The zero-order valence-corrected chi connectivity index (χ0v) is 24.3. The Kier molecular flexibility index (Phi) is 10.1. The Morgan fingerprint density at radius 3 is 2.36 bits per heavy atom. The maximum absolute atomic E-state index is 13.4. The van der Waals surface area contributed by atoms with Crippen molar-refractivity contribution < 1.29 is 19.5 Å². The minimum atomic E-state index is -0.847. The molecule has 39 heavy (non-hydrogen) atoms. The Hall–Kier alpha value is -2.97. The fourth-order valence-corrected chi connectivity index (χ4v) is 4.82. The SMILES string of the molecule is CC(C)(C)CNC[C@@H](O)CNC(=O)[C@@H](Cc1ccc2ccccc2c1)NC(=O)[C@@H]1CCCN1C(=O)C(C)(C)C. The Morgan fingerprint density at radius 1 is 1.00 bits per heavy atom. The quantitative estimate of drug-likeness (QED) is 0.372. The average Bonchev–Trinajstić information content (AvgIpc) is 3.35. The lowest BCUT2D eigenvalue weighted by molar-refractivity contribution is -0.145. The van der Waals surface area contributed by atoms with E-state index in [9.17, 15) is 19.5 Å². The predicted molar refractivity (Wildman–Crippen MR) is 155 cm³/mol. The highest BCUT2D eigenvalue weighted by Crippen LogP contribution is 2.26. The second kappa shape index (κ2) is 12.9. The predicted octanol–water partition coefficient (Wildman–Crippen LogP) is 3.02. The van der Waals surface area contributed by atoms with Crippen LogP contribution in [0.5, 0.6) is 0 Å². The number of likely N-dealkylation sites (tertiary alicyclic amines) is 1. The van der Waals surface area contributed by atoms with Gasteiger partial charge in [-0.3, -0.25) is 14.4 Å². The molecule has 0 radical (unpaired) electrons. The molecule has 0 aliphatic carbocycles. The molecule has 1 saturated heterocycles. The van der Waals surface area contributed by atoms with Gasteiger partial charge in [0.05, 0.1) is 6.10 Å². The van der Waals surface area contributed by atoms with Crippen molar-refractivity contribution in [3.8, 4) is 0 Å². The van der Waals surface area contributed by atoms with E-state index in [0.717, 1.165) is 29.3 Å². The molecule has 1 fully saturated rings. The van der Waals surface area contributed by atoms with Gasteiger partial charge >= 0.3 is 0 Å². The Balaban J connectivity index is 1.72. The maximum Gasteiger partial charge on any atom is 0.243 e. The van der Waals surface area contributed by atoms with Gasteiger partial charge < -0.3 is 26.0 Å². The number of carbonyl (C=O) groups is 3. The first-order valence-corrected chi connectivity index (χ1v) is 14.0. The van der Waals surface area contributed by atoms with Gasteiger partial charge in [0.15, 0.2) is 0 Å². The van der Waals surface area contributed by atoms with Crippen LogP contribution in [0.1, 0.15) is 59.9 Å². The summed E-state index contributed by atoms with van der Waals surface area (Å²) >= 11 is 0. The van der Waals surface area contributed by atoms with Gasteiger partial charge in [-0.2, -0.15) is 0 Å². The topological polar surface area (TPSA) is 111 Å². The molecule has 4 N–H and O–H groups in total. The zero-order chi connectivity index (χ0) is 28.8. The summed E-state index contributed by atoms with van der Waals surface area (Å²) in [6, 6.07) is 12.5. The van der Waals surface area contributed by atoms with E-state index in [4.69, 9.17) is 0 Å². The fourth-order valence-electron chi connectivity index (χ4n) is 4.82. The Morgan fingerprint density at radius 2 is 1.69 bits per heavy atom. The fraction of sp³-hybridized carbons (Fsp3) is 0.581. The molecule has 3 rings (SSSR count). The molecular weight excluding hydrogens is 492 g/mol. The Labute approximate surface area is 232 Å². The molecule has 3 amide bonds. The smallest absolute Gasteiger partial charge is 0.243 e. The molecule has 0 bridgehead atoms. The van der Waals surface area contributed by atoms with Crippen molar-refractivity contribution in [2.24, 2.45) is 10.8 Å². The minimum absolute atomic E-state index is 0.0676. The van der Waals surface area contributed by atoms with Crippen LogP contribution in [-0.4, -0.2) is 72.1 Å². The lowest BCUT2D eigenvalue weighted by Gasteiger charge is -2.31. The molecule has 1 aliphatic heterocycles. The third-order valence-electron chi connectivity index (χ3n) is 6.89. The van der Waals surface area contributed by atoms with Gasteiger partial charge in [-0.1, -0.05) is 84.0 Å². The standard InChI is InChI=1S/C31H46N4O4/c1-30(2,3)20-32-18-24(36)19-33-27(37)25(17-21-13-14-22-10-7-8-11-23(22)16-21)34-28(38)26-12-9-15-35(26)29(39)31(4,5)6/h7-8,10-11,13-14,16,24-26,32,36H,9,12,15,17-20H2,1-6H3,(H,33,37)(H,34,38)/t24-,25-,26+/m1/s1. The number of rotatable bonds is 10. The molecule has 0 unspecified atom stereocenters. The number of carbonyl (C=O) groups excluding carboxylic acids is 3. The Bertz CT molecular complexity index is 1150. The first kappa shape index (κ1) is 30.6. The van der Waals surface area contributed by atoms with E-state index in [-0.39, 0.29) is 29.7 Å². The summed E-state index contributed by atoms with van der Waals surface area (Å²) in [5.74, 6) is -0.752. The molecule has 3 atom stereocenters. The summed E-state index contributed by atoms with van der Waals surface area (Å²) in [6.07, 6.45) is 0.842. The highest BCUT2D eigenvalue weighted by atomic mass is 16.3. The molecule has 1 aliphatic rings. The summed E-state index contributed by atoms with van der Waals surface area (Å²) in [5, 5.41) is 21.5. The van der Waals surface area contributed by atoms with Gasteiger partial charge in [-0.25, -0.2) is 0 Å². The summed E-state index contributed by atoms with van der Waals surface area (Å²) in [7, 11) is 0. The number of hydrogen-bond donors (Lipinski definition) is 4. The molecule has 2 aromatic carbocycles. The van der Waals surface area contributed by atoms with Crippen LogP contribution in [0.25, 0.3) is 10.8 Å². The van der Waals surface area contributed by atoms with E-state index in [2.05, 4.69) is 36.7 Å². The monoisotopic (exact) mass is 538 g/mol. The largest absolute Gasteiger partial charge is 0.390 e. The number of aliphatic hydroxyl groups is 1. The number of aliphatic hydroxyl groups excluding tert-OH is 1. The van der Waals surface area contributed by atoms with Crippen LogP contribution in [0.3, 0.4) is 0 Å². The van der Waals surface area contributed by atoms with Gasteiger partial charge in [0, 0.05) is 38.0 Å². The van der Waals surface area contributed by atoms with Crippen molar-refractivity contribution in [2.75, 3.05) is 26.2 Å². The number of hydrogen-bond acceptors (Lipinski definition) is 5. The number of benzene rings is 2. The molecule has 0 saturated carbocycles. The van der Waals surface area contributed by atoms with Gasteiger partial charge in [0.2, 0.25) is 17.7 Å². The number of fused-ring (bicyclic) bond motifs is 1. The second-order valence-corrected chi connectivity index (χ2v) is 12.9. The third-order valence-corrected chi connectivity index (χ3v) is 6.89. The highest BCUT2D eigenvalue weighted by Gasteiger charge is 2.39. The molecular formula is C31H46N4O4. The summed E-state index contributed by atoms with van der Waals surface area (Å²) in [4.78, 5) is 41.4. The van der Waals surface area contributed by atoms with Crippen LogP contribution in [0, 0.1) is 10.8 Å². The summed E-state index contributed by atoms with van der Waals surface area (Å²) in [5.41, 5.74) is 0.401. The van der Waals surface area contributed by atoms with Gasteiger partial charge in [-0.05, 0) is 34.6 Å². The lowest BCUT2D eigenvalue weighted by atomic mass is 9.94. The average molecular weight is 539 g/mol. The summed E-state index contributed by atoms with van der Waals surface area (Å²) < 4.78 is 0. The van der Waals surface area contributed by atoms with Crippen molar-refractivity contribution in [1.82, 2.24) is 20.9 Å². The normalized spacial score (nSPS) is 17.6. The van der Waals surface area contributed by atoms with Crippen LogP contribution in [0.4, 0.5) is 0 Å². The maximum atomic E-state index is 13.4. The zero-order valence-electron chi connectivity index (χ0n) is 24.3. The van der Waals surface area contributed by atoms with E-state index in [1.54, 1.807) is 4.90 Å². The number of nitrogens with one attached hydrogen (secondary N) is 3. The highest BCUT2D eigenvalue weighted by molar-refractivity contribution is 5.93. The van der Waals surface area contributed by atoms with Gasteiger partial charge in [-0.15, -0.1) is 0 Å². The van der Waals surface area contributed by atoms with Gasteiger partial charge in [0.25, 0.3) is 0 Å². The molecule has 2 aromatic rings. The minimum Gasteiger partial charge on any atom is -0.390 e. The van der Waals surface area contributed by atoms with Crippen LogP contribution < -0.4 is 16.0 Å². The molecule has 8 heteroatoms. The van der Waals surface area contributed by atoms with Crippen molar-refractivity contribution >= 4 is 28.5 Å². The second-order valence-electron chi connectivity index (χ2n) is 12.9. The third kappa shape index (κ3) is 9.04. The van der Waals surface area contributed by atoms with Crippen LogP contribution in [0.15, 0.2) is 42.5 Å². The van der Waals surface area contributed by atoms with E-state index in [1.807, 2.05) is 63.2 Å². The van der Waals surface area contributed by atoms with E-state index in [1.165, 1.54) is 0 Å². The molecule has 0 spiro atoms. The van der Waals surface area contributed by atoms with E-state index >= 15 is 0 Å².